The highest BCUT2D eigenvalue weighted by Crippen LogP contribution is 2.25. The Morgan fingerprint density at radius 1 is 1.54 bits per heavy atom. The molecule has 13 heavy (non-hydrogen) atoms. The molecule has 0 aliphatic carbocycles. The van der Waals surface area contributed by atoms with Crippen molar-refractivity contribution in [3.05, 3.63) is 17.4 Å². The molecule has 0 radical (unpaired) electrons. The number of hydrogen-bond acceptors (Lipinski definition) is 3. The van der Waals surface area contributed by atoms with Crippen LogP contribution in [0, 0.1) is 0 Å². The number of carbonyl (C=O) groups excluding carboxylic acids is 1. The molecule has 0 aromatic carbocycles. The van der Waals surface area contributed by atoms with Gasteiger partial charge >= 0.3 is 0 Å². The lowest BCUT2D eigenvalue weighted by molar-refractivity contribution is 0.111. The molecular weight excluding hydrogens is 184 g/mol. The minimum Gasteiger partial charge on any atom is -0.454 e. The van der Waals surface area contributed by atoms with Crippen molar-refractivity contribution in [2.45, 2.75) is 31.8 Å². The van der Waals surface area contributed by atoms with Gasteiger partial charge in [-0.2, -0.15) is 0 Å². The first kappa shape index (κ1) is 10.4. The Morgan fingerprint density at radius 2 is 2.31 bits per heavy atom. The normalized spacial score (nSPS) is 10.3. The van der Waals surface area contributed by atoms with E-state index in [9.17, 15) is 4.79 Å². The molecule has 72 valence electrons. The number of carbonyl (C=O) groups is 1. The third-order valence-electron chi connectivity index (χ3n) is 1.67. The minimum atomic E-state index is 0.690. The highest BCUT2D eigenvalue weighted by Gasteiger charge is 2.09. The van der Waals surface area contributed by atoms with Gasteiger partial charge in [0, 0.05) is 6.42 Å². The van der Waals surface area contributed by atoms with Crippen LogP contribution in [0.5, 0.6) is 0 Å². The molecule has 1 rings (SSSR count). The molecule has 0 aliphatic rings. The van der Waals surface area contributed by atoms with Crippen molar-refractivity contribution in [3.8, 4) is 0 Å². The summed E-state index contributed by atoms with van der Waals surface area (Å²) in [6.07, 6.45) is 2.81. The highest BCUT2D eigenvalue weighted by atomic mass is 32.2. The van der Waals surface area contributed by atoms with Crippen molar-refractivity contribution >= 4 is 18.0 Å². The SMILES string of the molecule is CCCc1cc(C=O)c(SCC)o1. The Balaban J connectivity index is 2.83. The lowest BCUT2D eigenvalue weighted by Crippen LogP contribution is -1.77. The van der Waals surface area contributed by atoms with Crippen molar-refractivity contribution < 1.29 is 9.21 Å². The number of hydrogen-bond donors (Lipinski definition) is 0. The van der Waals surface area contributed by atoms with Gasteiger partial charge in [0.15, 0.2) is 11.4 Å². The third kappa shape index (κ3) is 2.62. The zero-order chi connectivity index (χ0) is 9.68. The second kappa shape index (κ2) is 5.12. The fraction of sp³-hybridized carbons (Fsp3) is 0.500. The molecule has 0 aliphatic heterocycles. The molecular formula is C10H14O2S. The van der Waals surface area contributed by atoms with E-state index in [4.69, 9.17) is 4.42 Å². The smallest absolute Gasteiger partial charge is 0.170 e. The van der Waals surface area contributed by atoms with E-state index in [1.807, 2.05) is 13.0 Å². The van der Waals surface area contributed by atoms with E-state index in [1.165, 1.54) is 0 Å². The molecule has 2 nitrogen and oxygen atoms in total. The Hall–Kier alpha value is -0.700. The largest absolute Gasteiger partial charge is 0.454 e. The number of aldehydes is 1. The number of rotatable bonds is 5. The lowest BCUT2D eigenvalue weighted by Gasteiger charge is -1.92. The van der Waals surface area contributed by atoms with Gasteiger partial charge in [0.2, 0.25) is 0 Å². The zero-order valence-electron chi connectivity index (χ0n) is 8.00. The molecule has 0 saturated heterocycles. The van der Waals surface area contributed by atoms with Crippen molar-refractivity contribution in [3.63, 3.8) is 0 Å². The molecule has 1 heterocycles. The Labute approximate surface area is 82.7 Å². The quantitative estimate of drug-likeness (QED) is 0.537. The average molecular weight is 198 g/mol. The minimum absolute atomic E-state index is 0.690. The van der Waals surface area contributed by atoms with Gasteiger partial charge in [-0.25, -0.2) is 0 Å². The van der Waals surface area contributed by atoms with Crippen LogP contribution in [0.4, 0.5) is 0 Å². The summed E-state index contributed by atoms with van der Waals surface area (Å²) >= 11 is 1.58. The van der Waals surface area contributed by atoms with Crippen LogP contribution in [0.3, 0.4) is 0 Å². The van der Waals surface area contributed by atoms with E-state index in [2.05, 4.69) is 6.92 Å². The molecule has 0 bridgehead atoms. The van der Waals surface area contributed by atoms with Gasteiger partial charge in [0.05, 0.1) is 5.56 Å². The summed E-state index contributed by atoms with van der Waals surface area (Å²) in [5.74, 6) is 1.85. The lowest BCUT2D eigenvalue weighted by atomic mass is 10.2. The number of thioether (sulfide) groups is 1. The van der Waals surface area contributed by atoms with Crippen molar-refractivity contribution in [1.82, 2.24) is 0 Å². The monoisotopic (exact) mass is 198 g/mol. The summed E-state index contributed by atoms with van der Waals surface area (Å²) in [6, 6.07) is 1.84. The second-order valence-corrected chi connectivity index (χ2v) is 3.99. The van der Waals surface area contributed by atoms with E-state index in [0.717, 1.165) is 35.7 Å². The molecule has 1 aromatic heterocycles. The van der Waals surface area contributed by atoms with Gasteiger partial charge in [-0.3, -0.25) is 4.79 Å². The number of aryl methyl sites for hydroxylation is 1. The first-order valence-corrected chi connectivity index (χ1v) is 5.51. The molecule has 3 heteroatoms. The molecule has 1 aromatic rings. The molecule has 0 saturated carbocycles. The Bertz CT molecular complexity index is 278. The molecule has 0 amide bonds. The van der Waals surface area contributed by atoms with E-state index in [-0.39, 0.29) is 0 Å². The van der Waals surface area contributed by atoms with Crippen LogP contribution in [0.1, 0.15) is 36.4 Å². The van der Waals surface area contributed by atoms with Crippen LogP contribution < -0.4 is 0 Å². The van der Waals surface area contributed by atoms with Crippen LogP contribution >= 0.6 is 11.8 Å². The molecule has 0 unspecified atom stereocenters. The van der Waals surface area contributed by atoms with Gasteiger partial charge in [0.25, 0.3) is 0 Å². The van der Waals surface area contributed by atoms with Crippen molar-refractivity contribution in [2.24, 2.45) is 0 Å². The Kier molecular flexibility index (Phi) is 4.09. The zero-order valence-corrected chi connectivity index (χ0v) is 8.82. The highest BCUT2D eigenvalue weighted by molar-refractivity contribution is 7.99. The standard InChI is InChI=1S/C10H14O2S/c1-3-5-9-6-8(7-11)10(12-9)13-4-2/h6-7H,3-5H2,1-2H3. The average Bonchev–Trinajstić information content (AvgIpc) is 2.49. The summed E-state index contributed by atoms with van der Waals surface area (Å²) in [4.78, 5) is 10.6. The third-order valence-corrected chi connectivity index (χ3v) is 2.54. The summed E-state index contributed by atoms with van der Waals surface area (Å²) in [5.41, 5.74) is 0.690. The number of furan rings is 1. The van der Waals surface area contributed by atoms with Crippen LogP contribution in [-0.2, 0) is 6.42 Å². The van der Waals surface area contributed by atoms with Crippen LogP contribution in [0.15, 0.2) is 15.6 Å². The Morgan fingerprint density at radius 3 is 2.85 bits per heavy atom. The molecule has 0 atom stereocenters. The summed E-state index contributed by atoms with van der Waals surface area (Å²) in [7, 11) is 0. The van der Waals surface area contributed by atoms with Crippen molar-refractivity contribution in [1.29, 1.82) is 0 Å². The van der Waals surface area contributed by atoms with Crippen LogP contribution in [-0.4, -0.2) is 12.0 Å². The summed E-state index contributed by atoms with van der Waals surface area (Å²) < 4.78 is 5.52. The predicted octanol–water partition coefficient (Wildman–Crippen LogP) is 3.16. The van der Waals surface area contributed by atoms with Gasteiger partial charge in [-0.1, -0.05) is 25.6 Å². The van der Waals surface area contributed by atoms with Crippen LogP contribution in [0.2, 0.25) is 0 Å². The fourth-order valence-corrected chi connectivity index (χ4v) is 1.84. The first-order chi connectivity index (χ1) is 6.31. The topological polar surface area (TPSA) is 30.2 Å². The summed E-state index contributed by atoms with van der Waals surface area (Å²) in [5, 5.41) is 0.765. The van der Waals surface area contributed by atoms with Gasteiger partial charge in [0.1, 0.15) is 5.76 Å². The maximum atomic E-state index is 10.6. The van der Waals surface area contributed by atoms with Crippen LogP contribution in [0.25, 0.3) is 0 Å². The van der Waals surface area contributed by atoms with Gasteiger partial charge < -0.3 is 4.42 Å². The van der Waals surface area contributed by atoms with Gasteiger partial charge in [-0.15, -0.1) is 0 Å². The van der Waals surface area contributed by atoms with E-state index >= 15 is 0 Å². The maximum absolute atomic E-state index is 10.6. The molecule has 0 N–H and O–H groups in total. The maximum Gasteiger partial charge on any atom is 0.170 e. The van der Waals surface area contributed by atoms with Gasteiger partial charge in [-0.05, 0) is 18.2 Å². The van der Waals surface area contributed by atoms with E-state index in [0.29, 0.717) is 5.56 Å². The van der Waals surface area contributed by atoms with E-state index in [1.54, 1.807) is 11.8 Å². The first-order valence-electron chi connectivity index (χ1n) is 4.52. The summed E-state index contributed by atoms with van der Waals surface area (Å²) in [6.45, 7) is 4.14. The molecule has 0 fully saturated rings. The predicted molar refractivity (Wildman–Crippen MR) is 54.5 cm³/mol. The fourth-order valence-electron chi connectivity index (χ4n) is 1.14. The van der Waals surface area contributed by atoms with Crippen molar-refractivity contribution in [2.75, 3.05) is 5.75 Å². The van der Waals surface area contributed by atoms with E-state index < -0.39 is 0 Å². The second-order valence-electron chi connectivity index (χ2n) is 2.76. The molecule has 0 spiro atoms.